The number of nitrogens with zero attached hydrogens (tertiary/aromatic N) is 1. The van der Waals surface area contributed by atoms with Crippen LogP contribution in [-0.4, -0.2) is 11.1 Å². The summed E-state index contributed by atoms with van der Waals surface area (Å²) in [5.74, 6) is 0.508. The van der Waals surface area contributed by atoms with Crippen LogP contribution in [-0.2, 0) is 13.0 Å². The van der Waals surface area contributed by atoms with E-state index in [0.717, 1.165) is 25.9 Å². The van der Waals surface area contributed by atoms with E-state index >= 15 is 0 Å². The lowest BCUT2D eigenvalue weighted by Gasteiger charge is -2.29. The molecule has 0 aliphatic heterocycles. The average molecular weight is 262 g/mol. The van der Waals surface area contributed by atoms with Crippen molar-refractivity contribution in [1.82, 2.24) is 9.88 Å². The summed E-state index contributed by atoms with van der Waals surface area (Å²) in [5, 5.41) is 3.61. The average Bonchev–Trinajstić information content (AvgIpc) is 2.39. The minimum absolute atomic E-state index is 0.156. The molecule has 0 bridgehead atoms. The predicted molar refractivity (Wildman–Crippen MR) is 79.5 cm³/mol. The van der Waals surface area contributed by atoms with Crippen molar-refractivity contribution in [3.8, 4) is 0 Å². The molecule has 1 atom stereocenters. The fourth-order valence-corrected chi connectivity index (χ4v) is 2.96. The van der Waals surface area contributed by atoms with Gasteiger partial charge in [0.2, 0.25) is 0 Å². The lowest BCUT2D eigenvalue weighted by Crippen LogP contribution is -2.32. The SMILES string of the molecule is CCCNC1CCCc2c1ccc(=O)n2CC(C)C. The zero-order valence-electron chi connectivity index (χ0n) is 12.4. The summed E-state index contributed by atoms with van der Waals surface area (Å²) in [6.07, 6.45) is 4.56. The first-order valence-electron chi connectivity index (χ1n) is 7.59. The van der Waals surface area contributed by atoms with Crippen molar-refractivity contribution >= 4 is 0 Å². The van der Waals surface area contributed by atoms with Crippen LogP contribution in [0.3, 0.4) is 0 Å². The molecular formula is C16H26N2O. The van der Waals surface area contributed by atoms with Crippen LogP contribution in [0.5, 0.6) is 0 Å². The Labute approximate surface area is 116 Å². The molecule has 0 saturated carbocycles. The molecule has 0 fully saturated rings. The highest BCUT2D eigenvalue weighted by Crippen LogP contribution is 2.28. The lowest BCUT2D eigenvalue weighted by atomic mass is 9.90. The van der Waals surface area contributed by atoms with Crippen LogP contribution >= 0.6 is 0 Å². The van der Waals surface area contributed by atoms with Gasteiger partial charge >= 0.3 is 0 Å². The van der Waals surface area contributed by atoms with E-state index in [1.807, 2.05) is 10.6 Å². The van der Waals surface area contributed by atoms with Crippen molar-refractivity contribution in [2.45, 2.75) is 59.0 Å². The number of fused-ring (bicyclic) bond motifs is 1. The molecule has 1 aliphatic carbocycles. The first-order chi connectivity index (χ1) is 9.13. The first kappa shape index (κ1) is 14.3. The molecule has 106 valence electrons. The van der Waals surface area contributed by atoms with Gasteiger partial charge in [-0.1, -0.05) is 26.8 Å². The van der Waals surface area contributed by atoms with Crippen LogP contribution in [0.4, 0.5) is 0 Å². The fraction of sp³-hybridized carbons (Fsp3) is 0.688. The maximum absolute atomic E-state index is 12.1. The Balaban J connectivity index is 2.34. The molecule has 1 N–H and O–H groups in total. The molecule has 3 nitrogen and oxygen atoms in total. The van der Waals surface area contributed by atoms with Crippen LogP contribution < -0.4 is 10.9 Å². The van der Waals surface area contributed by atoms with Gasteiger partial charge in [0.15, 0.2) is 0 Å². The molecule has 19 heavy (non-hydrogen) atoms. The van der Waals surface area contributed by atoms with E-state index in [1.54, 1.807) is 6.07 Å². The summed E-state index contributed by atoms with van der Waals surface area (Å²) in [4.78, 5) is 12.1. The third kappa shape index (κ3) is 3.27. The Bertz CT molecular complexity index is 476. The Kier molecular flexibility index (Phi) is 4.81. The number of hydrogen-bond acceptors (Lipinski definition) is 2. The molecule has 1 unspecified atom stereocenters. The van der Waals surface area contributed by atoms with Crippen LogP contribution in [0, 0.1) is 5.92 Å². The van der Waals surface area contributed by atoms with Gasteiger partial charge in [0.05, 0.1) is 0 Å². The smallest absolute Gasteiger partial charge is 0.250 e. The number of pyridine rings is 1. The highest BCUT2D eigenvalue weighted by atomic mass is 16.1. The summed E-state index contributed by atoms with van der Waals surface area (Å²) >= 11 is 0. The quantitative estimate of drug-likeness (QED) is 0.885. The van der Waals surface area contributed by atoms with Gasteiger partial charge in [-0.3, -0.25) is 4.79 Å². The van der Waals surface area contributed by atoms with Gasteiger partial charge in [-0.25, -0.2) is 0 Å². The third-order valence-corrected chi connectivity index (χ3v) is 3.80. The number of nitrogens with one attached hydrogen (secondary N) is 1. The van der Waals surface area contributed by atoms with Gasteiger partial charge in [0.1, 0.15) is 0 Å². The standard InChI is InChI=1S/C16H26N2O/c1-4-10-17-14-6-5-7-15-13(14)8-9-16(19)18(15)11-12(2)3/h8-9,12,14,17H,4-7,10-11H2,1-3H3. The second kappa shape index (κ2) is 6.38. The molecule has 3 heteroatoms. The predicted octanol–water partition coefficient (Wildman–Crippen LogP) is 2.88. The van der Waals surface area contributed by atoms with Crippen molar-refractivity contribution in [2.75, 3.05) is 6.54 Å². The lowest BCUT2D eigenvalue weighted by molar-refractivity contribution is 0.424. The fourth-order valence-electron chi connectivity index (χ4n) is 2.96. The molecule has 1 aromatic rings. The summed E-state index contributed by atoms with van der Waals surface area (Å²) < 4.78 is 2.00. The van der Waals surface area contributed by atoms with Crippen LogP contribution in [0.1, 0.15) is 57.3 Å². The monoisotopic (exact) mass is 262 g/mol. The Hall–Kier alpha value is -1.09. The number of aromatic nitrogens is 1. The molecule has 2 rings (SSSR count). The second-order valence-electron chi connectivity index (χ2n) is 5.98. The van der Waals surface area contributed by atoms with E-state index in [0.29, 0.717) is 12.0 Å². The molecular weight excluding hydrogens is 236 g/mol. The second-order valence-corrected chi connectivity index (χ2v) is 5.98. The molecule has 0 amide bonds. The van der Waals surface area contributed by atoms with Crippen molar-refractivity contribution in [2.24, 2.45) is 5.92 Å². The molecule has 0 saturated heterocycles. The maximum atomic E-state index is 12.1. The minimum atomic E-state index is 0.156. The summed E-state index contributed by atoms with van der Waals surface area (Å²) in [6.45, 7) is 8.41. The molecule has 0 aromatic carbocycles. The van der Waals surface area contributed by atoms with E-state index in [2.05, 4.69) is 26.1 Å². The van der Waals surface area contributed by atoms with Crippen LogP contribution in [0.2, 0.25) is 0 Å². The molecule has 0 spiro atoms. The van der Waals surface area contributed by atoms with Crippen molar-refractivity contribution in [3.63, 3.8) is 0 Å². The largest absolute Gasteiger partial charge is 0.312 e. The Morgan fingerprint density at radius 2 is 2.21 bits per heavy atom. The van der Waals surface area contributed by atoms with Gasteiger partial charge in [0, 0.05) is 24.3 Å². The summed E-state index contributed by atoms with van der Waals surface area (Å²) in [5.41, 5.74) is 2.77. The summed E-state index contributed by atoms with van der Waals surface area (Å²) in [7, 11) is 0. The molecule has 1 aromatic heterocycles. The highest BCUT2D eigenvalue weighted by Gasteiger charge is 2.22. The van der Waals surface area contributed by atoms with Gasteiger partial charge < -0.3 is 9.88 Å². The third-order valence-electron chi connectivity index (χ3n) is 3.80. The van der Waals surface area contributed by atoms with Gasteiger partial charge in [-0.15, -0.1) is 0 Å². The number of hydrogen-bond donors (Lipinski definition) is 1. The van der Waals surface area contributed by atoms with E-state index in [4.69, 9.17) is 0 Å². The molecule has 1 aliphatic rings. The Morgan fingerprint density at radius 3 is 2.89 bits per heavy atom. The van der Waals surface area contributed by atoms with Crippen LogP contribution in [0.15, 0.2) is 16.9 Å². The number of rotatable bonds is 5. The summed E-state index contributed by atoms with van der Waals surface area (Å²) in [6, 6.07) is 4.22. The highest BCUT2D eigenvalue weighted by molar-refractivity contribution is 5.27. The van der Waals surface area contributed by atoms with Crippen molar-refractivity contribution < 1.29 is 0 Å². The Morgan fingerprint density at radius 1 is 1.42 bits per heavy atom. The minimum Gasteiger partial charge on any atom is -0.312 e. The zero-order valence-corrected chi connectivity index (χ0v) is 12.4. The maximum Gasteiger partial charge on any atom is 0.250 e. The van der Waals surface area contributed by atoms with Gasteiger partial charge in [-0.05, 0) is 43.7 Å². The van der Waals surface area contributed by atoms with E-state index < -0.39 is 0 Å². The van der Waals surface area contributed by atoms with Crippen molar-refractivity contribution in [1.29, 1.82) is 0 Å². The topological polar surface area (TPSA) is 34.0 Å². The molecule has 0 radical (unpaired) electrons. The molecule has 1 heterocycles. The normalized spacial score (nSPS) is 18.6. The zero-order chi connectivity index (χ0) is 13.8. The van der Waals surface area contributed by atoms with E-state index in [1.165, 1.54) is 24.1 Å². The van der Waals surface area contributed by atoms with E-state index in [9.17, 15) is 4.79 Å². The van der Waals surface area contributed by atoms with E-state index in [-0.39, 0.29) is 5.56 Å². The first-order valence-corrected chi connectivity index (χ1v) is 7.59. The van der Waals surface area contributed by atoms with Gasteiger partial charge in [-0.2, -0.15) is 0 Å². The van der Waals surface area contributed by atoms with Gasteiger partial charge in [0.25, 0.3) is 5.56 Å². The van der Waals surface area contributed by atoms with Crippen molar-refractivity contribution in [3.05, 3.63) is 33.7 Å². The van der Waals surface area contributed by atoms with Crippen LogP contribution in [0.25, 0.3) is 0 Å².